The van der Waals surface area contributed by atoms with Gasteiger partial charge in [0.2, 0.25) is 0 Å². The van der Waals surface area contributed by atoms with Crippen molar-refractivity contribution < 1.29 is 9.31 Å². The van der Waals surface area contributed by atoms with Crippen molar-refractivity contribution in [3.8, 4) is 5.69 Å². The molecule has 0 bridgehead atoms. The molecule has 0 atom stereocenters. The van der Waals surface area contributed by atoms with E-state index in [0.717, 1.165) is 0 Å². The lowest BCUT2D eigenvalue weighted by Crippen LogP contribution is -2.02. The second-order valence-corrected chi connectivity index (χ2v) is 5.44. The Bertz CT molecular complexity index is 884. The number of anilines is 1. The Morgan fingerprint density at radius 2 is 2.12 bits per heavy atom. The SMILES string of the molecule is O=[N+]([O-])c1ccc(NCc2ccc(-n3ccnc3)c(F)c2)c(Cl)c1. The van der Waals surface area contributed by atoms with Crippen molar-refractivity contribution in [2.24, 2.45) is 0 Å². The topological polar surface area (TPSA) is 73.0 Å². The van der Waals surface area contributed by atoms with E-state index in [0.29, 0.717) is 23.5 Å². The molecule has 122 valence electrons. The zero-order chi connectivity index (χ0) is 17.1. The number of nitro groups is 1. The maximum atomic E-state index is 14.2. The maximum absolute atomic E-state index is 14.2. The van der Waals surface area contributed by atoms with Crippen molar-refractivity contribution in [3.05, 3.63) is 81.6 Å². The van der Waals surface area contributed by atoms with Crippen LogP contribution in [0.25, 0.3) is 5.69 Å². The smallest absolute Gasteiger partial charge is 0.271 e. The highest BCUT2D eigenvalue weighted by Gasteiger charge is 2.10. The Labute approximate surface area is 141 Å². The maximum Gasteiger partial charge on any atom is 0.271 e. The molecule has 1 N–H and O–H groups in total. The molecular weight excluding hydrogens is 335 g/mol. The molecule has 0 aliphatic carbocycles. The molecule has 0 aliphatic rings. The van der Waals surface area contributed by atoms with Crippen LogP contribution in [0.5, 0.6) is 0 Å². The van der Waals surface area contributed by atoms with Crippen LogP contribution in [-0.4, -0.2) is 14.5 Å². The summed E-state index contributed by atoms with van der Waals surface area (Å²) in [6.45, 7) is 0.332. The molecule has 0 saturated carbocycles. The van der Waals surface area contributed by atoms with Gasteiger partial charge in [-0.05, 0) is 23.8 Å². The van der Waals surface area contributed by atoms with Crippen LogP contribution >= 0.6 is 11.6 Å². The largest absolute Gasteiger partial charge is 0.380 e. The molecule has 3 aromatic rings. The number of hydrogen-bond donors (Lipinski definition) is 1. The van der Waals surface area contributed by atoms with Crippen LogP contribution in [0.2, 0.25) is 5.02 Å². The number of aromatic nitrogens is 2. The van der Waals surface area contributed by atoms with Crippen LogP contribution in [0, 0.1) is 15.9 Å². The van der Waals surface area contributed by atoms with Gasteiger partial charge in [0.1, 0.15) is 5.82 Å². The van der Waals surface area contributed by atoms with E-state index in [1.54, 1.807) is 29.1 Å². The number of benzene rings is 2. The molecule has 0 spiro atoms. The van der Waals surface area contributed by atoms with Gasteiger partial charge in [-0.2, -0.15) is 0 Å². The zero-order valence-electron chi connectivity index (χ0n) is 12.3. The summed E-state index contributed by atoms with van der Waals surface area (Å²) in [6.07, 6.45) is 4.76. The van der Waals surface area contributed by atoms with Crippen LogP contribution in [-0.2, 0) is 6.54 Å². The minimum absolute atomic E-state index is 0.0821. The average Bonchev–Trinajstić information content (AvgIpc) is 3.07. The number of nitro benzene ring substituents is 1. The third-order valence-electron chi connectivity index (χ3n) is 3.44. The highest BCUT2D eigenvalue weighted by molar-refractivity contribution is 6.33. The first kappa shape index (κ1) is 15.9. The van der Waals surface area contributed by atoms with Gasteiger partial charge in [-0.3, -0.25) is 10.1 Å². The number of halogens is 2. The van der Waals surface area contributed by atoms with Gasteiger partial charge in [-0.1, -0.05) is 17.7 Å². The predicted octanol–water partition coefficient (Wildman–Crippen LogP) is 4.19. The number of hydrogen-bond acceptors (Lipinski definition) is 4. The van der Waals surface area contributed by atoms with Gasteiger partial charge in [-0.25, -0.2) is 9.37 Å². The Hall–Kier alpha value is -2.93. The summed E-state index contributed by atoms with van der Waals surface area (Å²) in [4.78, 5) is 14.1. The summed E-state index contributed by atoms with van der Waals surface area (Å²) < 4.78 is 15.8. The van der Waals surface area contributed by atoms with Gasteiger partial charge in [0.15, 0.2) is 0 Å². The number of rotatable bonds is 5. The fourth-order valence-electron chi connectivity index (χ4n) is 2.23. The number of nitrogens with one attached hydrogen (secondary N) is 1. The molecule has 0 saturated heterocycles. The summed E-state index contributed by atoms with van der Waals surface area (Å²) in [5, 5.41) is 14.0. The third-order valence-corrected chi connectivity index (χ3v) is 3.75. The quantitative estimate of drug-likeness (QED) is 0.555. The van der Waals surface area contributed by atoms with Crippen molar-refractivity contribution in [1.82, 2.24) is 9.55 Å². The molecule has 2 aromatic carbocycles. The minimum Gasteiger partial charge on any atom is -0.380 e. The summed E-state index contributed by atoms with van der Waals surface area (Å²) in [5.74, 6) is -0.373. The molecule has 1 heterocycles. The third kappa shape index (κ3) is 3.36. The lowest BCUT2D eigenvalue weighted by molar-refractivity contribution is -0.384. The Morgan fingerprint density at radius 1 is 1.29 bits per heavy atom. The second kappa shape index (κ2) is 6.67. The first-order valence-electron chi connectivity index (χ1n) is 6.99. The predicted molar refractivity (Wildman–Crippen MR) is 89.0 cm³/mol. The van der Waals surface area contributed by atoms with E-state index in [4.69, 9.17) is 11.6 Å². The van der Waals surface area contributed by atoms with Crippen LogP contribution in [0.4, 0.5) is 15.8 Å². The highest BCUT2D eigenvalue weighted by Crippen LogP contribution is 2.27. The average molecular weight is 347 g/mol. The lowest BCUT2D eigenvalue weighted by Gasteiger charge is -2.10. The first-order chi connectivity index (χ1) is 11.5. The fourth-order valence-corrected chi connectivity index (χ4v) is 2.47. The number of imidazole rings is 1. The summed E-state index contributed by atoms with van der Waals surface area (Å²) in [5.41, 5.74) is 1.58. The summed E-state index contributed by atoms with van der Waals surface area (Å²) in [6, 6.07) is 9.01. The van der Waals surface area contributed by atoms with E-state index in [2.05, 4.69) is 10.3 Å². The van der Waals surface area contributed by atoms with Gasteiger partial charge in [0.25, 0.3) is 5.69 Å². The van der Waals surface area contributed by atoms with E-state index >= 15 is 0 Å². The van der Waals surface area contributed by atoms with Crippen molar-refractivity contribution in [3.63, 3.8) is 0 Å². The van der Waals surface area contributed by atoms with E-state index in [1.165, 1.54) is 30.6 Å². The molecule has 0 unspecified atom stereocenters. The van der Waals surface area contributed by atoms with Crippen molar-refractivity contribution in [1.29, 1.82) is 0 Å². The van der Waals surface area contributed by atoms with Crippen LogP contribution in [0.3, 0.4) is 0 Å². The number of nitrogens with zero attached hydrogens (tertiary/aromatic N) is 3. The van der Waals surface area contributed by atoms with E-state index in [9.17, 15) is 14.5 Å². The molecule has 0 aliphatic heterocycles. The fraction of sp³-hybridized carbons (Fsp3) is 0.0625. The lowest BCUT2D eigenvalue weighted by atomic mass is 10.2. The summed E-state index contributed by atoms with van der Waals surface area (Å²) >= 11 is 6.01. The van der Waals surface area contributed by atoms with E-state index < -0.39 is 4.92 Å². The van der Waals surface area contributed by atoms with Crippen LogP contribution < -0.4 is 5.32 Å². The molecule has 8 heteroatoms. The molecule has 0 amide bonds. The minimum atomic E-state index is -0.514. The monoisotopic (exact) mass is 346 g/mol. The van der Waals surface area contributed by atoms with Crippen molar-refractivity contribution in [2.45, 2.75) is 6.54 Å². The molecule has 24 heavy (non-hydrogen) atoms. The van der Waals surface area contributed by atoms with Crippen molar-refractivity contribution in [2.75, 3.05) is 5.32 Å². The standard InChI is InChI=1S/C16H12ClFN4O2/c17-13-8-12(22(23)24)2-3-15(13)20-9-11-1-4-16(14(18)7-11)21-6-5-19-10-21/h1-8,10,20H,9H2. The van der Waals surface area contributed by atoms with Gasteiger partial charge >= 0.3 is 0 Å². The Morgan fingerprint density at radius 3 is 2.75 bits per heavy atom. The van der Waals surface area contributed by atoms with E-state index in [1.807, 2.05) is 0 Å². The molecular formula is C16H12ClFN4O2. The van der Waals surface area contributed by atoms with Crippen molar-refractivity contribution >= 4 is 23.0 Å². The molecule has 0 fully saturated rings. The molecule has 0 radical (unpaired) electrons. The second-order valence-electron chi connectivity index (χ2n) is 5.03. The molecule has 6 nitrogen and oxygen atoms in total. The number of non-ortho nitro benzene ring substituents is 1. The molecule has 3 rings (SSSR count). The van der Waals surface area contributed by atoms with Crippen LogP contribution in [0.15, 0.2) is 55.1 Å². The first-order valence-corrected chi connectivity index (χ1v) is 7.37. The van der Waals surface area contributed by atoms with Gasteiger partial charge in [0, 0.05) is 31.1 Å². The van der Waals surface area contributed by atoms with Gasteiger partial charge < -0.3 is 9.88 Å². The van der Waals surface area contributed by atoms with Gasteiger partial charge in [-0.15, -0.1) is 0 Å². The summed E-state index contributed by atoms with van der Waals surface area (Å²) in [7, 11) is 0. The Balaban J connectivity index is 1.73. The van der Waals surface area contributed by atoms with Gasteiger partial charge in [0.05, 0.1) is 27.6 Å². The van der Waals surface area contributed by atoms with E-state index in [-0.39, 0.29) is 16.5 Å². The molecule has 1 aromatic heterocycles. The highest BCUT2D eigenvalue weighted by atomic mass is 35.5. The normalized spacial score (nSPS) is 10.6. The van der Waals surface area contributed by atoms with Crippen LogP contribution in [0.1, 0.15) is 5.56 Å². The Kier molecular flexibility index (Phi) is 4.43. The zero-order valence-corrected chi connectivity index (χ0v) is 13.1.